The Morgan fingerprint density at radius 1 is 1.42 bits per heavy atom. The van der Waals surface area contributed by atoms with Crippen LogP contribution in [-0.2, 0) is 11.3 Å². The lowest BCUT2D eigenvalue weighted by Crippen LogP contribution is -2.31. The second kappa shape index (κ2) is 7.78. The van der Waals surface area contributed by atoms with Crippen molar-refractivity contribution in [3.63, 3.8) is 0 Å². The predicted molar refractivity (Wildman–Crippen MR) is 72.8 cm³/mol. The van der Waals surface area contributed by atoms with Crippen molar-refractivity contribution in [1.29, 1.82) is 5.26 Å². The molecule has 0 saturated carbocycles. The van der Waals surface area contributed by atoms with E-state index >= 15 is 0 Å². The summed E-state index contributed by atoms with van der Waals surface area (Å²) in [5.74, 6) is 0.745. The molecule has 4 nitrogen and oxygen atoms in total. The Labute approximate surface area is 114 Å². The Hall–Kier alpha value is -1.57. The van der Waals surface area contributed by atoms with Gasteiger partial charge in [0.2, 0.25) is 0 Å². The highest BCUT2D eigenvalue weighted by Crippen LogP contribution is 2.14. The van der Waals surface area contributed by atoms with Gasteiger partial charge in [0, 0.05) is 19.7 Å². The van der Waals surface area contributed by atoms with Crippen LogP contribution in [-0.4, -0.2) is 25.9 Å². The number of ether oxygens (including phenoxy) is 2. The van der Waals surface area contributed by atoms with Crippen LogP contribution < -0.4 is 10.1 Å². The topological polar surface area (TPSA) is 54.3 Å². The monoisotopic (exact) mass is 260 g/mol. The van der Waals surface area contributed by atoms with E-state index < -0.39 is 0 Å². The molecule has 1 aromatic rings. The minimum Gasteiger partial charge on any atom is -0.479 e. The summed E-state index contributed by atoms with van der Waals surface area (Å²) in [6.45, 7) is 2.67. The minimum absolute atomic E-state index is 0.0901. The molecule has 1 aromatic carbocycles. The highest BCUT2D eigenvalue weighted by atomic mass is 16.5. The van der Waals surface area contributed by atoms with Gasteiger partial charge in [-0.15, -0.1) is 0 Å². The van der Waals surface area contributed by atoms with Gasteiger partial charge in [0.15, 0.2) is 6.61 Å². The standard InChI is InChI=1S/C15H20N2O2/c16-7-9-19-14-6-3-4-13(10-14)11-17-12-15-5-1-2-8-18-15/h3-4,6,10,15,17H,1-2,5,8-9,11-12H2. The van der Waals surface area contributed by atoms with Gasteiger partial charge in [0.25, 0.3) is 0 Å². The fourth-order valence-corrected chi connectivity index (χ4v) is 2.21. The van der Waals surface area contributed by atoms with Gasteiger partial charge in [-0.25, -0.2) is 0 Å². The molecule has 0 bridgehead atoms. The molecule has 2 rings (SSSR count). The fraction of sp³-hybridized carbons (Fsp3) is 0.533. The van der Waals surface area contributed by atoms with E-state index in [0.29, 0.717) is 6.10 Å². The number of nitrogens with zero attached hydrogens (tertiary/aromatic N) is 1. The third-order valence-corrected chi connectivity index (χ3v) is 3.18. The third kappa shape index (κ3) is 4.90. The van der Waals surface area contributed by atoms with E-state index in [1.54, 1.807) is 0 Å². The maximum Gasteiger partial charge on any atom is 0.174 e. The molecule has 1 aliphatic heterocycles. The Bertz CT molecular complexity index is 422. The van der Waals surface area contributed by atoms with Crippen LogP contribution in [0.25, 0.3) is 0 Å². The first kappa shape index (κ1) is 13.9. The van der Waals surface area contributed by atoms with Crippen molar-refractivity contribution in [2.24, 2.45) is 0 Å². The summed E-state index contributed by atoms with van der Waals surface area (Å²) in [5, 5.41) is 11.9. The molecule has 19 heavy (non-hydrogen) atoms. The van der Waals surface area contributed by atoms with Crippen molar-refractivity contribution in [1.82, 2.24) is 5.32 Å². The SMILES string of the molecule is N#CCOc1cccc(CNCC2CCCCO2)c1. The Kier molecular flexibility index (Phi) is 5.67. The number of hydrogen-bond acceptors (Lipinski definition) is 4. The van der Waals surface area contributed by atoms with E-state index in [4.69, 9.17) is 14.7 Å². The highest BCUT2D eigenvalue weighted by molar-refractivity contribution is 5.28. The zero-order chi connectivity index (χ0) is 13.3. The van der Waals surface area contributed by atoms with Crippen molar-refractivity contribution < 1.29 is 9.47 Å². The van der Waals surface area contributed by atoms with E-state index in [1.165, 1.54) is 12.8 Å². The summed E-state index contributed by atoms with van der Waals surface area (Å²) in [6, 6.07) is 9.79. The highest BCUT2D eigenvalue weighted by Gasteiger charge is 2.12. The zero-order valence-electron chi connectivity index (χ0n) is 11.1. The lowest BCUT2D eigenvalue weighted by molar-refractivity contribution is 0.0168. The lowest BCUT2D eigenvalue weighted by Gasteiger charge is -2.22. The van der Waals surface area contributed by atoms with E-state index in [2.05, 4.69) is 5.32 Å². The Balaban J connectivity index is 1.74. The first-order valence-electron chi connectivity index (χ1n) is 6.79. The van der Waals surface area contributed by atoms with E-state index in [-0.39, 0.29) is 6.61 Å². The molecule has 1 fully saturated rings. The van der Waals surface area contributed by atoms with Gasteiger partial charge in [-0.3, -0.25) is 0 Å². The van der Waals surface area contributed by atoms with E-state index in [0.717, 1.165) is 37.4 Å². The first-order valence-corrected chi connectivity index (χ1v) is 6.79. The largest absolute Gasteiger partial charge is 0.479 e. The molecule has 1 atom stereocenters. The van der Waals surface area contributed by atoms with Crippen LogP contribution in [0.3, 0.4) is 0 Å². The quantitative estimate of drug-likeness (QED) is 0.852. The normalized spacial score (nSPS) is 18.8. The molecule has 4 heteroatoms. The molecule has 1 N–H and O–H groups in total. The molecule has 0 spiro atoms. The number of benzene rings is 1. The Morgan fingerprint density at radius 3 is 3.16 bits per heavy atom. The average Bonchev–Trinajstić information content (AvgIpc) is 2.47. The van der Waals surface area contributed by atoms with Gasteiger partial charge < -0.3 is 14.8 Å². The molecule has 0 radical (unpaired) electrons. The molecule has 0 aliphatic carbocycles. The summed E-state index contributed by atoms with van der Waals surface area (Å²) >= 11 is 0. The van der Waals surface area contributed by atoms with Crippen LogP contribution in [0.4, 0.5) is 0 Å². The number of rotatable bonds is 6. The molecular weight excluding hydrogens is 240 g/mol. The van der Waals surface area contributed by atoms with Crippen LogP contribution in [0, 0.1) is 11.3 Å². The van der Waals surface area contributed by atoms with Gasteiger partial charge in [-0.2, -0.15) is 5.26 Å². The minimum atomic E-state index is 0.0901. The molecule has 0 amide bonds. The number of nitriles is 1. The average molecular weight is 260 g/mol. The van der Waals surface area contributed by atoms with Crippen molar-refractivity contribution in [3.8, 4) is 11.8 Å². The molecular formula is C15H20N2O2. The van der Waals surface area contributed by atoms with Gasteiger partial charge >= 0.3 is 0 Å². The first-order chi connectivity index (χ1) is 9.38. The fourth-order valence-electron chi connectivity index (χ4n) is 2.21. The van der Waals surface area contributed by atoms with Gasteiger partial charge in [-0.05, 0) is 37.0 Å². The number of hydrogen-bond donors (Lipinski definition) is 1. The van der Waals surface area contributed by atoms with Gasteiger partial charge in [-0.1, -0.05) is 12.1 Å². The molecule has 1 unspecified atom stereocenters. The van der Waals surface area contributed by atoms with Gasteiger partial charge in [0.05, 0.1) is 6.10 Å². The molecule has 1 aliphatic rings. The second-order valence-corrected chi connectivity index (χ2v) is 4.71. The lowest BCUT2D eigenvalue weighted by atomic mass is 10.1. The van der Waals surface area contributed by atoms with Crippen molar-refractivity contribution >= 4 is 0 Å². The molecule has 1 saturated heterocycles. The summed E-state index contributed by atoms with van der Waals surface area (Å²) in [4.78, 5) is 0. The van der Waals surface area contributed by atoms with Crippen molar-refractivity contribution in [2.75, 3.05) is 19.8 Å². The number of nitrogens with one attached hydrogen (secondary N) is 1. The van der Waals surface area contributed by atoms with Crippen LogP contribution in [0.15, 0.2) is 24.3 Å². The smallest absolute Gasteiger partial charge is 0.174 e. The summed E-state index contributed by atoms with van der Waals surface area (Å²) in [7, 11) is 0. The summed E-state index contributed by atoms with van der Waals surface area (Å²) in [5.41, 5.74) is 1.16. The van der Waals surface area contributed by atoms with Gasteiger partial charge in [0.1, 0.15) is 11.8 Å². The van der Waals surface area contributed by atoms with E-state index in [9.17, 15) is 0 Å². The van der Waals surface area contributed by atoms with Crippen LogP contribution in [0.2, 0.25) is 0 Å². The summed E-state index contributed by atoms with van der Waals surface area (Å²) in [6.07, 6.45) is 3.96. The zero-order valence-corrected chi connectivity index (χ0v) is 11.1. The van der Waals surface area contributed by atoms with Crippen LogP contribution >= 0.6 is 0 Å². The van der Waals surface area contributed by atoms with E-state index in [1.807, 2.05) is 30.3 Å². The van der Waals surface area contributed by atoms with Crippen molar-refractivity contribution in [2.45, 2.75) is 31.9 Å². The van der Waals surface area contributed by atoms with Crippen LogP contribution in [0.1, 0.15) is 24.8 Å². The molecule has 1 heterocycles. The Morgan fingerprint density at radius 2 is 2.37 bits per heavy atom. The second-order valence-electron chi connectivity index (χ2n) is 4.71. The molecule has 0 aromatic heterocycles. The maximum absolute atomic E-state index is 8.48. The maximum atomic E-state index is 8.48. The van der Waals surface area contributed by atoms with Crippen LogP contribution in [0.5, 0.6) is 5.75 Å². The summed E-state index contributed by atoms with van der Waals surface area (Å²) < 4.78 is 10.9. The van der Waals surface area contributed by atoms with Crippen molar-refractivity contribution in [3.05, 3.63) is 29.8 Å². The third-order valence-electron chi connectivity index (χ3n) is 3.18. The molecule has 102 valence electrons. The predicted octanol–water partition coefficient (Wildman–Crippen LogP) is 2.25.